The molecular formula is C14H25BrN2. The van der Waals surface area contributed by atoms with Gasteiger partial charge in [-0.3, -0.25) is 0 Å². The second kappa shape index (κ2) is 7.83. The predicted octanol–water partition coefficient (Wildman–Crippen LogP) is -0.595. The fourth-order valence-electron chi connectivity index (χ4n) is 1.72. The van der Waals surface area contributed by atoms with Crippen LogP contribution in [0.3, 0.4) is 0 Å². The molecule has 0 bridgehead atoms. The largest absolute Gasteiger partial charge is 1.00 e. The third kappa shape index (κ3) is 6.18. The van der Waals surface area contributed by atoms with Gasteiger partial charge in [-0.15, -0.1) is 0 Å². The van der Waals surface area contributed by atoms with Crippen molar-refractivity contribution in [2.45, 2.75) is 52.0 Å². The quantitative estimate of drug-likeness (QED) is 0.571. The molecule has 17 heavy (non-hydrogen) atoms. The Bertz CT molecular complexity index is 301. The summed E-state index contributed by atoms with van der Waals surface area (Å²) < 4.78 is 2.26. The highest BCUT2D eigenvalue weighted by atomic mass is 79.9. The lowest BCUT2D eigenvalue weighted by Crippen LogP contribution is -3.00. The van der Waals surface area contributed by atoms with Gasteiger partial charge in [0.1, 0.15) is 6.54 Å². The zero-order valence-corrected chi connectivity index (χ0v) is 12.8. The van der Waals surface area contributed by atoms with Crippen LogP contribution in [0.25, 0.3) is 0 Å². The Morgan fingerprint density at radius 1 is 1.06 bits per heavy atom. The molecule has 0 radical (unpaired) electrons. The fourth-order valence-corrected chi connectivity index (χ4v) is 1.72. The first-order valence-corrected chi connectivity index (χ1v) is 6.23. The summed E-state index contributed by atoms with van der Waals surface area (Å²) in [5.41, 5.74) is 7.11. The highest BCUT2D eigenvalue weighted by Crippen LogP contribution is 2.20. The summed E-state index contributed by atoms with van der Waals surface area (Å²) in [6.07, 6.45) is 7.95. The van der Waals surface area contributed by atoms with Gasteiger partial charge in [-0.2, -0.15) is 0 Å². The van der Waals surface area contributed by atoms with E-state index in [9.17, 15) is 0 Å². The van der Waals surface area contributed by atoms with Gasteiger partial charge in [0.25, 0.3) is 0 Å². The van der Waals surface area contributed by atoms with Crippen molar-refractivity contribution in [2.24, 2.45) is 5.73 Å². The molecule has 0 atom stereocenters. The molecule has 0 saturated heterocycles. The highest BCUT2D eigenvalue weighted by molar-refractivity contribution is 5.17. The van der Waals surface area contributed by atoms with Gasteiger partial charge in [0, 0.05) is 18.6 Å². The van der Waals surface area contributed by atoms with Crippen molar-refractivity contribution in [1.29, 1.82) is 0 Å². The summed E-state index contributed by atoms with van der Waals surface area (Å²) in [7, 11) is 0. The van der Waals surface area contributed by atoms with E-state index in [4.69, 9.17) is 5.73 Å². The van der Waals surface area contributed by atoms with E-state index in [1.165, 1.54) is 18.4 Å². The molecule has 0 unspecified atom stereocenters. The molecule has 1 rings (SSSR count). The van der Waals surface area contributed by atoms with Crippen molar-refractivity contribution < 1.29 is 21.5 Å². The van der Waals surface area contributed by atoms with Gasteiger partial charge in [-0.1, -0.05) is 20.8 Å². The number of rotatable bonds is 5. The zero-order chi connectivity index (χ0) is 12.0. The number of hydrogen-bond acceptors (Lipinski definition) is 1. The second-order valence-electron chi connectivity index (χ2n) is 5.42. The van der Waals surface area contributed by atoms with Crippen LogP contribution in [-0.2, 0) is 12.0 Å². The molecule has 0 aliphatic heterocycles. The van der Waals surface area contributed by atoms with Gasteiger partial charge in [-0.25, -0.2) is 4.57 Å². The summed E-state index contributed by atoms with van der Waals surface area (Å²) in [6, 6.07) is 4.45. The molecule has 0 aliphatic rings. The molecule has 1 aromatic rings. The van der Waals surface area contributed by atoms with Crippen LogP contribution in [0.2, 0.25) is 0 Å². The molecular weight excluding hydrogens is 276 g/mol. The average Bonchev–Trinajstić information content (AvgIpc) is 2.24. The number of nitrogens with zero attached hydrogens (tertiary/aromatic N) is 1. The maximum atomic E-state index is 5.47. The number of aryl methyl sites for hydroxylation is 1. The lowest BCUT2D eigenvalue weighted by atomic mass is 9.88. The first-order valence-electron chi connectivity index (χ1n) is 6.23. The van der Waals surface area contributed by atoms with E-state index in [0.717, 1.165) is 19.5 Å². The van der Waals surface area contributed by atoms with Gasteiger partial charge in [-0.05, 0) is 30.4 Å². The lowest BCUT2D eigenvalue weighted by molar-refractivity contribution is -0.697. The third-order valence-electron chi connectivity index (χ3n) is 2.88. The number of pyridine rings is 1. The molecule has 0 aromatic carbocycles. The van der Waals surface area contributed by atoms with Crippen LogP contribution in [-0.4, -0.2) is 6.54 Å². The van der Waals surface area contributed by atoms with Crippen LogP contribution in [0.1, 0.15) is 45.6 Å². The average molecular weight is 301 g/mol. The molecule has 1 heterocycles. The number of unbranched alkanes of at least 4 members (excludes halogenated alkanes) is 2. The smallest absolute Gasteiger partial charge is 0.169 e. The van der Waals surface area contributed by atoms with Crippen LogP contribution in [0.5, 0.6) is 0 Å². The van der Waals surface area contributed by atoms with Crippen molar-refractivity contribution in [1.82, 2.24) is 0 Å². The zero-order valence-electron chi connectivity index (χ0n) is 11.2. The Hall–Kier alpha value is -0.410. The number of hydrogen-bond donors (Lipinski definition) is 1. The fraction of sp³-hybridized carbons (Fsp3) is 0.643. The Morgan fingerprint density at radius 2 is 1.65 bits per heavy atom. The lowest BCUT2D eigenvalue weighted by Gasteiger charge is -2.17. The minimum Gasteiger partial charge on any atom is -1.00 e. The van der Waals surface area contributed by atoms with E-state index in [-0.39, 0.29) is 22.4 Å². The van der Waals surface area contributed by atoms with E-state index in [0.29, 0.717) is 0 Å². The van der Waals surface area contributed by atoms with Gasteiger partial charge in [0.15, 0.2) is 12.4 Å². The Morgan fingerprint density at radius 3 is 2.12 bits per heavy atom. The summed E-state index contributed by atoms with van der Waals surface area (Å²) in [5, 5.41) is 0. The summed E-state index contributed by atoms with van der Waals surface area (Å²) in [5.74, 6) is 0. The molecule has 0 fully saturated rings. The summed E-state index contributed by atoms with van der Waals surface area (Å²) in [4.78, 5) is 0. The number of halogens is 1. The highest BCUT2D eigenvalue weighted by Gasteiger charge is 2.14. The van der Waals surface area contributed by atoms with Crippen LogP contribution in [0.15, 0.2) is 24.5 Å². The molecule has 98 valence electrons. The van der Waals surface area contributed by atoms with Gasteiger partial charge in [0.2, 0.25) is 0 Å². The second-order valence-corrected chi connectivity index (χ2v) is 5.42. The maximum Gasteiger partial charge on any atom is 0.169 e. The third-order valence-corrected chi connectivity index (χ3v) is 2.88. The standard InChI is InChI=1S/C14H25N2.BrH/c1-14(2,3)13-7-11-16(12-8-13)10-6-4-5-9-15;/h7-8,11-12H,4-6,9-10,15H2,1-3H3;1H/q+1;/p-1. The summed E-state index contributed by atoms with van der Waals surface area (Å²) >= 11 is 0. The van der Waals surface area contributed by atoms with Crippen LogP contribution in [0, 0.1) is 0 Å². The van der Waals surface area contributed by atoms with E-state index < -0.39 is 0 Å². The molecule has 0 spiro atoms. The monoisotopic (exact) mass is 300 g/mol. The number of nitrogens with two attached hydrogens (primary N) is 1. The Kier molecular flexibility index (Phi) is 7.64. The van der Waals surface area contributed by atoms with E-state index >= 15 is 0 Å². The van der Waals surface area contributed by atoms with Crippen molar-refractivity contribution in [2.75, 3.05) is 6.54 Å². The van der Waals surface area contributed by atoms with E-state index in [1.54, 1.807) is 0 Å². The molecule has 0 aliphatic carbocycles. The summed E-state index contributed by atoms with van der Waals surface area (Å²) in [6.45, 7) is 8.65. The minimum atomic E-state index is 0. The van der Waals surface area contributed by atoms with Crippen molar-refractivity contribution in [3.8, 4) is 0 Å². The van der Waals surface area contributed by atoms with Crippen molar-refractivity contribution in [3.63, 3.8) is 0 Å². The van der Waals surface area contributed by atoms with E-state index in [2.05, 4.69) is 49.9 Å². The normalized spacial score (nSPS) is 11.1. The first-order chi connectivity index (χ1) is 7.54. The molecule has 0 amide bonds. The molecule has 0 saturated carbocycles. The maximum absolute atomic E-state index is 5.47. The van der Waals surface area contributed by atoms with E-state index in [1.807, 2.05) is 0 Å². The minimum absolute atomic E-state index is 0. The molecule has 2 N–H and O–H groups in total. The predicted molar refractivity (Wildman–Crippen MR) is 68.2 cm³/mol. The van der Waals surface area contributed by atoms with Gasteiger partial charge >= 0.3 is 0 Å². The van der Waals surface area contributed by atoms with Gasteiger partial charge < -0.3 is 22.7 Å². The first kappa shape index (κ1) is 16.6. The molecule has 1 aromatic heterocycles. The van der Waals surface area contributed by atoms with Crippen molar-refractivity contribution in [3.05, 3.63) is 30.1 Å². The topological polar surface area (TPSA) is 29.9 Å². The van der Waals surface area contributed by atoms with Crippen LogP contribution >= 0.6 is 0 Å². The Balaban J connectivity index is 0.00000256. The van der Waals surface area contributed by atoms with Crippen LogP contribution in [0.4, 0.5) is 0 Å². The van der Waals surface area contributed by atoms with Crippen LogP contribution < -0.4 is 27.3 Å². The van der Waals surface area contributed by atoms with Gasteiger partial charge in [0.05, 0.1) is 0 Å². The molecule has 2 nitrogen and oxygen atoms in total. The Labute approximate surface area is 116 Å². The molecule has 3 heteroatoms. The number of aromatic nitrogens is 1. The van der Waals surface area contributed by atoms with Crippen molar-refractivity contribution >= 4 is 0 Å². The SMILES string of the molecule is CC(C)(C)c1cc[n+](CCCCCN)cc1.[Br-].